The number of carboxylic acid groups (broad SMARTS) is 1. The summed E-state index contributed by atoms with van der Waals surface area (Å²) < 4.78 is 7.30. The van der Waals surface area contributed by atoms with Gasteiger partial charge in [-0.1, -0.05) is 45.0 Å². The van der Waals surface area contributed by atoms with Crippen LogP contribution in [0.25, 0.3) is 11.0 Å². The Morgan fingerprint density at radius 1 is 1.06 bits per heavy atom. The number of carbonyl (C=O) groups is 2. The van der Waals surface area contributed by atoms with E-state index in [2.05, 4.69) is 24.6 Å². The first kappa shape index (κ1) is 27.0. The number of hydrogen-bond acceptors (Lipinski definition) is 5. The van der Waals surface area contributed by atoms with Crippen molar-refractivity contribution in [3.05, 3.63) is 28.7 Å². The van der Waals surface area contributed by atoms with Crippen LogP contribution in [0.15, 0.2) is 23.0 Å². The number of carboxylic acids is 1. The number of aromatic nitrogens is 2. The second-order valence-electron chi connectivity index (χ2n) is 11.2. The van der Waals surface area contributed by atoms with Crippen molar-refractivity contribution in [2.24, 2.45) is 11.8 Å². The third-order valence-corrected chi connectivity index (χ3v) is 8.94. The van der Waals surface area contributed by atoms with Gasteiger partial charge in [-0.25, -0.2) is 4.79 Å². The number of benzene rings is 1. The van der Waals surface area contributed by atoms with Crippen molar-refractivity contribution in [1.82, 2.24) is 9.55 Å². The maximum absolute atomic E-state index is 12.4. The minimum atomic E-state index is -1.19. The molecule has 35 heavy (non-hydrogen) atoms. The predicted octanol–water partition coefficient (Wildman–Crippen LogP) is 5.18. The standard InChI is InChI=1S/C19H29N3O3Si.C7H12O2/c1-26(2,3)12-11-25-18(23)13-7-9-14(10-8-13)22-16-6-4-5-15(20)17(16)21-19(22)24;8-7(9)6-4-2-1-3-5-6/h4-6,13-14H,7-12,20H2,1-3H3,(H,21,24);6H,1-5H2,(H,8,9). The topological polar surface area (TPSA) is 127 Å². The average molecular weight is 504 g/mol. The summed E-state index contributed by atoms with van der Waals surface area (Å²) in [5, 5.41) is 8.54. The first-order chi connectivity index (χ1) is 16.6. The zero-order valence-electron chi connectivity index (χ0n) is 21.3. The molecule has 2 aromatic rings. The summed E-state index contributed by atoms with van der Waals surface area (Å²) in [5.41, 5.74) is 7.96. The van der Waals surface area contributed by atoms with Gasteiger partial charge in [-0.3, -0.25) is 14.2 Å². The van der Waals surface area contributed by atoms with Crippen LogP contribution in [0, 0.1) is 11.8 Å². The summed E-state index contributed by atoms with van der Waals surface area (Å²) in [7, 11) is -1.19. The van der Waals surface area contributed by atoms with Crippen LogP contribution in [-0.2, 0) is 14.3 Å². The predicted molar refractivity (Wildman–Crippen MR) is 141 cm³/mol. The molecular weight excluding hydrogens is 462 g/mol. The quantitative estimate of drug-likeness (QED) is 0.283. The molecule has 2 saturated carbocycles. The van der Waals surface area contributed by atoms with Gasteiger partial charge in [0.1, 0.15) is 0 Å². The highest BCUT2D eigenvalue weighted by atomic mass is 28.3. The molecule has 2 aliphatic carbocycles. The number of aromatic amines is 1. The van der Waals surface area contributed by atoms with Crippen LogP contribution < -0.4 is 11.4 Å². The Labute approximate surface area is 208 Å². The van der Waals surface area contributed by atoms with Gasteiger partial charge in [0.05, 0.1) is 35.2 Å². The van der Waals surface area contributed by atoms with E-state index in [1.807, 2.05) is 12.1 Å². The maximum Gasteiger partial charge on any atom is 0.326 e. The van der Waals surface area contributed by atoms with Gasteiger partial charge in [0.2, 0.25) is 0 Å². The molecule has 0 spiro atoms. The fraction of sp³-hybridized carbons (Fsp3) is 0.654. The monoisotopic (exact) mass is 503 g/mol. The van der Waals surface area contributed by atoms with E-state index in [-0.39, 0.29) is 29.5 Å². The molecule has 1 aromatic heterocycles. The highest BCUT2D eigenvalue weighted by Crippen LogP contribution is 2.34. The minimum absolute atomic E-state index is 0.0289. The summed E-state index contributed by atoms with van der Waals surface area (Å²) in [6.07, 6.45) is 8.36. The Hall–Kier alpha value is -2.55. The molecule has 1 aromatic carbocycles. The number of aliphatic carboxylic acids is 1. The van der Waals surface area contributed by atoms with Gasteiger partial charge in [0, 0.05) is 14.1 Å². The number of nitrogens with one attached hydrogen (secondary N) is 1. The number of imidazole rings is 1. The van der Waals surface area contributed by atoms with Gasteiger partial charge in [-0.2, -0.15) is 0 Å². The van der Waals surface area contributed by atoms with E-state index in [4.69, 9.17) is 15.6 Å². The van der Waals surface area contributed by atoms with Gasteiger partial charge in [0.15, 0.2) is 0 Å². The van der Waals surface area contributed by atoms with E-state index >= 15 is 0 Å². The molecule has 0 atom stereocenters. The van der Waals surface area contributed by atoms with E-state index in [0.717, 1.165) is 62.9 Å². The fourth-order valence-electron chi connectivity index (χ4n) is 5.03. The fourth-order valence-corrected chi connectivity index (χ4v) is 5.74. The lowest BCUT2D eigenvalue weighted by Gasteiger charge is -2.28. The third-order valence-electron chi connectivity index (χ3n) is 7.23. The highest BCUT2D eigenvalue weighted by molar-refractivity contribution is 6.76. The Morgan fingerprint density at radius 2 is 1.71 bits per heavy atom. The molecule has 4 N–H and O–H groups in total. The van der Waals surface area contributed by atoms with Crippen molar-refractivity contribution in [3.8, 4) is 0 Å². The summed E-state index contributed by atoms with van der Waals surface area (Å²) in [5.74, 6) is -0.746. The van der Waals surface area contributed by atoms with E-state index in [0.29, 0.717) is 17.8 Å². The van der Waals surface area contributed by atoms with E-state index < -0.39 is 14.0 Å². The number of rotatable bonds is 6. The third kappa shape index (κ3) is 7.46. The molecule has 9 heteroatoms. The van der Waals surface area contributed by atoms with Crippen molar-refractivity contribution >= 4 is 36.7 Å². The molecule has 2 fully saturated rings. The molecule has 4 rings (SSSR count). The number of anilines is 1. The average Bonchev–Trinajstić information content (AvgIpc) is 3.16. The largest absolute Gasteiger partial charge is 0.481 e. The van der Waals surface area contributed by atoms with Crippen LogP contribution in [0.3, 0.4) is 0 Å². The Kier molecular flexibility index (Phi) is 9.21. The molecule has 0 aliphatic heterocycles. The Bertz CT molecular complexity index is 1060. The van der Waals surface area contributed by atoms with Crippen LogP contribution in [0.1, 0.15) is 63.8 Å². The number of esters is 1. The molecule has 2 aliphatic rings. The van der Waals surface area contributed by atoms with Gasteiger partial charge >= 0.3 is 17.6 Å². The normalized spacial score (nSPS) is 21.2. The highest BCUT2D eigenvalue weighted by Gasteiger charge is 2.30. The number of nitrogens with zero attached hydrogens (tertiary/aromatic N) is 1. The van der Waals surface area contributed by atoms with Crippen LogP contribution in [0.2, 0.25) is 25.7 Å². The van der Waals surface area contributed by atoms with Crippen molar-refractivity contribution in [1.29, 1.82) is 0 Å². The maximum atomic E-state index is 12.4. The smallest absolute Gasteiger partial charge is 0.326 e. The van der Waals surface area contributed by atoms with Crippen LogP contribution in [-0.4, -0.2) is 41.3 Å². The van der Waals surface area contributed by atoms with E-state index in [9.17, 15) is 14.4 Å². The number of H-pyrrole nitrogens is 1. The first-order valence-corrected chi connectivity index (χ1v) is 16.7. The van der Waals surface area contributed by atoms with Crippen LogP contribution in [0.5, 0.6) is 0 Å². The van der Waals surface area contributed by atoms with Gasteiger partial charge in [0.25, 0.3) is 0 Å². The molecular formula is C26H41N3O5Si. The zero-order chi connectivity index (χ0) is 25.6. The number of nitrogen functional groups attached to an aromatic ring is 1. The number of nitrogens with two attached hydrogens (primary N) is 1. The minimum Gasteiger partial charge on any atom is -0.481 e. The molecule has 194 valence electrons. The molecule has 0 amide bonds. The van der Waals surface area contributed by atoms with Crippen LogP contribution in [0.4, 0.5) is 5.69 Å². The lowest BCUT2D eigenvalue weighted by molar-refractivity contribution is -0.149. The molecule has 0 bridgehead atoms. The lowest BCUT2D eigenvalue weighted by Crippen LogP contribution is -2.30. The summed E-state index contributed by atoms with van der Waals surface area (Å²) >= 11 is 0. The van der Waals surface area contributed by atoms with Crippen molar-refractivity contribution in [2.75, 3.05) is 12.3 Å². The van der Waals surface area contributed by atoms with Crippen LogP contribution >= 0.6 is 0 Å². The van der Waals surface area contributed by atoms with Gasteiger partial charge in [-0.15, -0.1) is 0 Å². The number of ether oxygens (including phenoxy) is 1. The number of carbonyl (C=O) groups excluding carboxylic acids is 1. The first-order valence-electron chi connectivity index (χ1n) is 12.9. The van der Waals surface area contributed by atoms with Crippen molar-refractivity contribution in [2.45, 2.75) is 89.5 Å². The Morgan fingerprint density at radius 3 is 2.29 bits per heavy atom. The SMILES string of the molecule is C[Si](C)(C)CCOC(=O)C1CCC(n2c(=O)[nH]c3c(N)cccc32)CC1.O=C(O)C1CCCCC1. The lowest BCUT2D eigenvalue weighted by atomic mass is 9.86. The molecule has 1 heterocycles. The van der Waals surface area contributed by atoms with E-state index in [1.165, 1.54) is 6.42 Å². The van der Waals surface area contributed by atoms with Gasteiger partial charge < -0.3 is 20.6 Å². The summed E-state index contributed by atoms with van der Waals surface area (Å²) in [4.78, 5) is 37.9. The summed E-state index contributed by atoms with van der Waals surface area (Å²) in [6, 6.07) is 6.67. The number of para-hydroxylation sites is 1. The van der Waals surface area contributed by atoms with Crippen molar-refractivity contribution in [3.63, 3.8) is 0 Å². The van der Waals surface area contributed by atoms with Crippen molar-refractivity contribution < 1.29 is 19.4 Å². The number of hydrogen-bond donors (Lipinski definition) is 3. The second-order valence-corrected chi connectivity index (χ2v) is 16.8. The Balaban J connectivity index is 0.000000320. The number of fused-ring (bicyclic) bond motifs is 1. The molecule has 0 saturated heterocycles. The van der Waals surface area contributed by atoms with Gasteiger partial charge in [-0.05, 0) is 56.7 Å². The molecule has 8 nitrogen and oxygen atoms in total. The van der Waals surface area contributed by atoms with E-state index in [1.54, 1.807) is 10.6 Å². The zero-order valence-corrected chi connectivity index (χ0v) is 22.3. The summed E-state index contributed by atoms with van der Waals surface area (Å²) in [6.45, 7) is 7.36. The second kappa shape index (κ2) is 11.9. The molecule has 0 unspecified atom stereocenters. The molecule has 0 radical (unpaired) electrons.